The normalized spacial score (nSPS) is 12.9. The zero-order valence-electron chi connectivity index (χ0n) is 7.85. The molecule has 0 heterocycles. The van der Waals surface area contributed by atoms with Crippen LogP contribution < -0.4 is 5.73 Å². The zero-order valence-corrected chi connectivity index (χ0v) is 9.37. The molecule has 0 amide bonds. The van der Waals surface area contributed by atoms with Crippen LogP contribution in [0.3, 0.4) is 0 Å². The van der Waals surface area contributed by atoms with E-state index in [-0.39, 0.29) is 22.4 Å². The number of benzene rings is 1. The van der Waals surface area contributed by atoms with Crippen molar-refractivity contribution in [1.82, 2.24) is 0 Å². The largest absolute Gasteiger partial charge is 0.417 e. The number of amidine groups is 1. The van der Waals surface area contributed by atoms with Gasteiger partial charge in [-0.15, -0.1) is 11.6 Å². The summed E-state index contributed by atoms with van der Waals surface area (Å²) < 4.78 is 37.4. The van der Waals surface area contributed by atoms with E-state index in [4.69, 9.17) is 28.9 Å². The van der Waals surface area contributed by atoms with Crippen molar-refractivity contribution in [2.24, 2.45) is 10.7 Å². The second-order valence-electron chi connectivity index (χ2n) is 2.90. The molecule has 0 bridgehead atoms. The van der Waals surface area contributed by atoms with Gasteiger partial charge >= 0.3 is 6.18 Å². The first-order chi connectivity index (χ1) is 7.34. The summed E-state index contributed by atoms with van der Waals surface area (Å²) in [5, 5.41) is -0.379. The molecule has 1 aromatic carbocycles. The van der Waals surface area contributed by atoms with Crippen molar-refractivity contribution in [3.05, 3.63) is 28.8 Å². The quantitative estimate of drug-likeness (QED) is 0.498. The van der Waals surface area contributed by atoms with E-state index < -0.39 is 11.7 Å². The topological polar surface area (TPSA) is 38.4 Å². The first-order valence-corrected chi connectivity index (χ1v) is 5.01. The van der Waals surface area contributed by atoms with Gasteiger partial charge in [0.1, 0.15) is 5.84 Å². The third kappa shape index (κ3) is 3.28. The predicted molar refractivity (Wildman–Crippen MR) is 58.5 cm³/mol. The Morgan fingerprint density at radius 1 is 1.38 bits per heavy atom. The SMILES string of the molecule is NC(CCl)=Nc1ccc(Cl)c(C(F)(F)F)c1. The van der Waals surface area contributed by atoms with Gasteiger partial charge < -0.3 is 5.73 Å². The van der Waals surface area contributed by atoms with Gasteiger partial charge in [-0.05, 0) is 18.2 Å². The van der Waals surface area contributed by atoms with E-state index in [1.54, 1.807) is 0 Å². The number of aliphatic imine (C=N–C) groups is 1. The number of nitrogens with zero attached hydrogens (tertiary/aromatic N) is 1. The summed E-state index contributed by atoms with van der Waals surface area (Å²) in [7, 11) is 0. The van der Waals surface area contributed by atoms with E-state index in [2.05, 4.69) is 4.99 Å². The lowest BCUT2D eigenvalue weighted by molar-refractivity contribution is -0.137. The molecular formula is C9H7Cl2F3N2. The Kier molecular flexibility index (Phi) is 4.04. The molecule has 0 radical (unpaired) electrons. The molecule has 88 valence electrons. The second-order valence-corrected chi connectivity index (χ2v) is 3.57. The van der Waals surface area contributed by atoms with Crippen LogP contribution in [0.2, 0.25) is 5.02 Å². The lowest BCUT2D eigenvalue weighted by atomic mass is 10.2. The van der Waals surface area contributed by atoms with Crippen molar-refractivity contribution in [3.8, 4) is 0 Å². The molecule has 0 aromatic heterocycles. The predicted octanol–water partition coefficient (Wildman–Crippen LogP) is 3.59. The first-order valence-electron chi connectivity index (χ1n) is 4.10. The Labute approximate surface area is 99.9 Å². The molecule has 1 rings (SSSR count). The molecule has 1 aromatic rings. The highest BCUT2D eigenvalue weighted by atomic mass is 35.5. The Balaban J connectivity index is 3.18. The fourth-order valence-corrected chi connectivity index (χ4v) is 1.28. The molecule has 2 nitrogen and oxygen atoms in total. The smallest absolute Gasteiger partial charge is 0.386 e. The van der Waals surface area contributed by atoms with Crippen molar-refractivity contribution >= 4 is 34.7 Å². The molecule has 2 N–H and O–H groups in total. The van der Waals surface area contributed by atoms with Gasteiger partial charge in [-0.3, -0.25) is 0 Å². The molecule has 0 spiro atoms. The minimum atomic E-state index is -4.52. The summed E-state index contributed by atoms with van der Waals surface area (Å²) in [4.78, 5) is 3.70. The van der Waals surface area contributed by atoms with Crippen molar-refractivity contribution in [3.63, 3.8) is 0 Å². The highest BCUT2D eigenvalue weighted by molar-refractivity contribution is 6.31. The van der Waals surface area contributed by atoms with Gasteiger partial charge in [0.25, 0.3) is 0 Å². The highest BCUT2D eigenvalue weighted by Crippen LogP contribution is 2.36. The Hall–Kier alpha value is -0.940. The van der Waals surface area contributed by atoms with Gasteiger partial charge in [0.2, 0.25) is 0 Å². The lowest BCUT2D eigenvalue weighted by Crippen LogP contribution is -2.12. The molecule has 0 aliphatic carbocycles. The van der Waals surface area contributed by atoms with Crippen LogP contribution in [-0.2, 0) is 6.18 Å². The minimum absolute atomic E-state index is 0.0390. The Bertz CT molecular complexity index is 416. The van der Waals surface area contributed by atoms with Crippen LogP contribution in [-0.4, -0.2) is 11.7 Å². The maximum Gasteiger partial charge on any atom is 0.417 e. The number of rotatable bonds is 2. The van der Waals surface area contributed by atoms with Crippen LogP contribution in [0.1, 0.15) is 5.56 Å². The molecule has 0 unspecified atom stereocenters. The van der Waals surface area contributed by atoms with Crippen molar-refractivity contribution in [2.75, 3.05) is 5.88 Å². The van der Waals surface area contributed by atoms with Crippen LogP contribution in [0.25, 0.3) is 0 Å². The molecule has 0 saturated heterocycles. The van der Waals surface area contributed by atoms with Gasteiger partial charge in [-0.2, -0.15) is 13.2 Å². The summed E-state index contributed by atoms with van der Waals surface area (Å²) in [6.07, 6.45) is -4.52. The minimum Gasteiger partial charge on any atom is -0.386 e. The highest BCUT2D eigenvalue weighted by Gasteiger charge is 2.33. The fourth-order valence-electron chi connectivity index (χ4n) is 0.996. The van der Waals surface area contributed by atoms with E-state index in [0.29, 0.717) is 0 Å². The summed E-state index contributed by atoms with van der Waals surface area (Å²) in [6, 6.07) is 3.27. The number of hydrogen-bond donors (Lipinski definition) is 1. The summed E-state index contributed by atoms with van der Waals surface area (Å²) in [5.41, 5.74) is 4.42. The summed E-state index contributed by atoms with van der Waals surface area (Å²) in [6.45, 7) is 0. The maximum absolute atomic E-state index is 12.5. The van der Waals surface area contributed by atoms with Crippen molar-refractivity contribution in [1.29, 1.82) is 0 Å². The van der Waals surface area contributed by atoms with Crippen LogP contribution in [0.15, 0.2) is 23.2 Å². The Morgan fingerprint density at radius 2 is 2.00 bits per heavy atom. The molecule has 16 heavy (non-hydrogen) atoms. The zero-order chi connectivity index (χ0) is 12.3. The molecule has 0 atom stereocenters. The molecule has 7 heteroatoms. The molecular weight excluding hydrogens is 264 g/mol. The monoisotopic (exact) mass is 270 g/mol. The van der Waals surface area contributed by atoms with Crippen LogP contribution >= 0.6 is 23.2 Å². The van der Waals surface area contributed by atoms with E-state index in [0.717, 1.165) is 12.1 Å². The Morgan fingerprint density at radius 3 is 2.50 bits per heavy atom. The fraction of sp³-hybridized carbons (Fsp3) is 0.222. The van der Waals surface area contributed by atoms with Gasteiger partial charge in [0.15, 0.2) is 0 Å². The third-order valence-electron chi connectivity index (χ3n) is 1.66. The summed E-state index contributed by atoms with van der Waals surface area (Å²) in [5.74, 6) is -0.0126. The van der Waals surface area contributed by atoms with E-state index in [9.17, 15) is 13.2 Å². The van der Waals surface area contributed by atoms with Crippen LogP contribution in [0.5, 0.6) is 0 Å². The average Bonchev–Trinajstić information content (AvgIpc) is 2.19. The summed E-state index contributed by atoms with van der Waals surface area (Å²) >= 11 is 10.8. The molecule has 0 saturated carbocycles. The van der Waals surface area contributed by atoms with Gasteiger partial charge in [0, 0.05) is 0 Å². The van der Waals surface area contributed by atoms with Gasteiger partial charge in [-0.25, -0.2) is 4.99 Å². The number of alkyl halides is 4. The first kappa shape index (κ1) is 13.1. The van der Waals surface area contributed by atoms with E-state index in [1.807, 2.05) is 0 Å². The van der Waals surface area contributed by atoms with Gasteiger partial charge in [-0.1, -0.05) is 11.6 Å². The molecule has 0 aliphatic rings. The van der Waals surface area contributed by atoms with Crippen LogP contribution in [0, 0.1) is 0 Å². The number of halogens is 5. The third-order valence-corrected chi connectivity index (χ3v) is 2.27. The van der Waals surface area contributed by atoms with E-state index >= 15 is 0 Å². The number of nitrogens with two attached hydrogens (primary N) is 1. The number of hydrogen-bond acceptors (Lipinski definition) is 1. The molecule has 0 aliphatic heterocycles. The second kappa shape index (κ2) is 4.93. The molecule has 0 fully saturated rings. The van der Waals surface area contributed by atoms with E-state index in [1.165, 1.54) is 6.07 Å². The maximum atomic E-state index is 12.5. The van der Waals surface area contributed by atoms with Crippen LogP contribution in [0.4, 0.5) is 18.9 Å². The standard InChI is InChI=1S/C9H7Cl2F3N2/c10-4-8(15)16-5-1-2-7(11)6(3-5)9(12,13)14/h1-3H,4H2,(H2,15,16). The van der Waals surface area contributed by atoms with Gasteiger partial charge in [0.05, 0.1) is 22.2 Å². The van der Waals surface area contributed by atoms with Crippen molar-refractivity contribution < 1.29 is 13.2 Å². The lowest BCUT2D eigenvalue weighted by Gasteiger charge is -2.09. The average molecular weight is 271 g/mol. The van der Waals surface area contributed by atoms with Crippen molar-refractivity contribution in [2.45, 2.75) is 6.18 Å².